The van der Waals surface area contributed by atoms with Gasteiger partial charge in [-0.3, -0.25) is 10.1 Å². The highest BCUT2D eigenvalue weighted by Gasteiger charge is 2.30. The van der Waals surface area contributed by atoms with E-state index >= 15 is 0 Å². The van der Waals surface area contributed by atoms with Gasteiger partial charge in [-0.25, -0.2) is 9.59 Å². The van der Waals surface area contributed by atoms with Crippen molar-refractivity contribution in [2.75, 3.05) is 0 Å². The third-order valence-electron chi connectivity index (χ3n) is 2.70. The fourth-order valence-corrected chi connectivity index (χ4v) is 1.73. The summed E-state index contributed by atoms with van der Waals surface area (Å²) in [6, 6.07) is 3.49. The number of carbonyl (C=O) groups excluding carboxylic acids is 1. The summed E-state index contributed by atoms with van der Waals surface area (Å²) in [5.41, 5.74) is -0.816. The minimum atomic E-state index is -1.94. The number of rotatable bonds is 5. The van der Waals surface area contributed by atoms with Gasteiger partial charge in [0.1, 0.15) is 5.60 Å². The first-order valence-electron chi connectivity index (χ1n) is 6.66. The van der Waals surface area contributed by atoms with Gasteiger partial charge in [-0.2, -0.15) is 0 Å². The Kier molecular flexibility index (Phi) is 5.63. The molecule has 9 nitrogen and oxygen atoms in total. The number of hydrogen-bond acceptors (Lipinski definition) is 6. The van der Waals surface area contributed by atoms with Crippen molar-refractivity contribution in [3.63, 3.8) is 0 Å². The molecule has 0 bridgehead atoms. The van der Waals surface area contributed by atoms with E-state index in [1.807, 2.05) is 0 Å². The average molecular weight is 326 g/mol. The van der Waals surface area contributed by atoms with Crippen LogP contribution in [0.3, 0.4) is 0 Å². The largest absolute Gasteiger partial charge is 0.479 e. The summed E-state index contributed by atoms with van der Waals surface area (Å²) in [5.74, 6) is -1.55. The van der Waals surface area contributed by atoms with Crippen LogP contribution in [0.15, 0.2) is 24.3 Å². The molecule has 0 fully saturated rings. The van der Waals surface area contributed by atoms with Crippen molar-refractivity contribution in [3.05, 3.63) is 39.9 Å². The van der Waals surface area contributed by atoms with E-state index in [0.29, 0.717) is 0 Å². The standard InChI is InChI=1S/C14H18N2O7/c1-14(2,3)23-13(20)15-10(11(17)12(18)19)8-4-6-9(7-5-8)16(21)22/h4-7,10-11,17H,1-3H3,(H,15,20)(H,18,19)/t10-,11-/m0/s1. The van der Waals surface area contributed by atoms with Crippen molar-refractivity contribution >= 4 is 17.7 Å². The first-order chi connectivity index (χ1) is 10.5. The van der Waals surface area contributed by atoms with Crippen LogP contribution in [0.5, 0.6) is 0 Å². The number of amides is 1. The topological polar surface area (TPSA) is 139 Å². The van der Waals surface area contributed by atoms with E-state index < -0.39 is 34.7 Å². The number of aliphatic hydroxyl groups excluding tert-OH is 1. The molecule has 23 heavy (non-hydrogen) atoms. The zero-order chi connectivity index (χ0) is 17.8. The summed E-state index contributed by atoms with van der Waals surface area (Å²) < 4.78 is 5.02. The van der Waals surface area contributed by atoms with Gasteiger partial charge in [0.2, 0.25) is 0 Å². The van der Waals surface area contributed by atoms with E-state index in [4.69, 9.17) is 9.84 Å². The van der Waals surface area contributed by atoms with E-state index in [-0.39, 0.29) is 11.3 Å². The minimum Gasteiger partial charge on any atom is -0.479 e. The van der Waals surface area contributed by atoms with Gasteiger partial charge in [0.15, 0.2) is 6.10 Å². The zero-order valence-corrected chi connectivity index (χ0v) is 12.8. The molecule has 0 radical (unpaired) electrons. The molecule has 0 aromatic heterocycles. The average Bonchev–Trinajstić information content (AvgIpc) is 2.42. The van der Waals surface area contributed by atoms with Crippen LogP contribution in [0, 0.1) is 10.1 Å². The predicted molar refractivity (Wildman–Crippen MR) is 78.8 cm³/mol. The number of aliphatic carboxylic acids is 1. The molecule has 1 rings (SSSR count). The lowest BCUT2D eigenvalue weighted by atomic mass is 10.0. The molecule has 0 spiro atoms. The van der Waals surface area contributed by atoms with Crippen LogP contribution in [0.25, 0.3) is 0 Å². The molecule has 1 aromatic rings. The van der Waals surface area contributed by atoms with Crippen LogP contribution in [0.4, 0.5) is 10.5 Å². The monoisotopic (exact) mass is 326 g/mol. The molecule has 126 valence electrons. The number of nitrogens with zero attached hydrogens (tertiary/aromatic N) is 1. The Bertz CT molecular complexity index is 592. The van der Waals surface area contributed by atoms with E-state index in [1.165, 1.54) is 12.1 Å². The fraction of sp³-hybridized carbons (Fsp3) is 0.429. The zero-order valence-electron chi connectivity index (χ0n) is 12.8. The summed E-state index contributed by atoms with van der Waals surface area (Å²) in [6.07, 6.45) is -2.86. The van der Waals surface area contributed by atoms with Crippen molar-refractivity contribution in [2.45, 2.75) is 38.5 Å². The minimum absolute atomic E-state index is 0.191. The number of hydrogen-bond donors (Lipinski definition) is 3. The molecule has 2 atom stereocenters. The molecule has 3 N–H and O–H groups in total. The molecule has 0 unspecified atom stereocenters. The van der Waals surface area contributed by atoms with E-state index in [2.05, 4.69) is 5.32 Å². The molecule has 0 saturated carbocycles. The summed E-state index contributed by atoms with van der Waals surface area (Å²) in [6.45, 7) is 4.88. The Balaban J connectivity index is 3.03. The number of nitrogens with one attached hydrogen (secondary N) is 1. The number of nitro groups is 1. The van der Waals surface area contributed by atoms with Gasteiger partial charge in [0.25, 0.3) is 5.69 Å². The number of ether oxygens (including phenoxy) is 1. The summed E-state index contributed by atoms with van der Waals surface area (Å²) >= 11 is 0. The lowest BCUT2D eigenvalue weighted by Gasteiger charge is -2.25. The van der Waals surface area contributed by atoms with Crippen molar-refractivity contribution in [3.8, 4) is 0 Å². The molecule has 0 heterocycles. The number of non-ortho nitro benzene ring substituents is 1. The maximum atomic E-state index is 11.8. The van der Waals surface area contributed by atoms with Crippen LogP contribution in [0.2, 0.25) is 0 Å². The highest BCUT2D eigenvalue weighted by molar-refractivity contribution is 5.76. The summed E-state index contributed by atoms with van der Waals surface area (Å²) in [7, 11) is 0. The summed E-state index contributed by atoms with van der Waals surface area (Å²) in [5, 5.41) is 31.6. The van der Waals surface area contributed by atoms with Gasteiger partial charge in [-0.1, -0.05) is 12.1 Å². The van der Waals surface area contributed by atoms with Crippen molar-refractivity contribution in [1.82, 2.24) is 5.32 Å². The van der Waals surface area contributed by atoms with Crippen molar-refractivity contribution in [2.24, 2.45) is 0 Å². The van der Waals surface area contributed by atoms with Crippen molar-refractivity contribution < 1.29 is 29.5 Å². The lowest BCUT2D eigenvalue weighted by molar-refractivity contribution is -0.384. The molecular weight excluding hydrogens is 308 g/mol. The second kappa shape index (κ2) is 7.05. The number of nitro benzene ring substituents is 1. The Morgan fingerprint density at radius 3 is 2.17 bits per heavy atom. The number of benzene rings is 1. The predicted octanol–water partition coefficient (Wildman–Crippen LogP) is 1.61. The second-order valence-corrected chi connectivity index (χ2v) is 5.76. The van der Waals surface area contributed by atoms with Gasteiger partial charge in [0, 0.05) is 12.1 Å². The summed E-state index contributed by atoms with van der Waals surface area (Å²) in [4.78, 5) is 32.8. The third kappa shape index (κ3) is 5.55. The molecule has 1 aromatic carbocycles. The Hall–Kier alpha value is -2.68. The number of carbonyl (C=O) groups is 2. The highest BCUT2D eigenvalue weighted by atomic mass is 16.6. The molecule has 0 aliphatic rings. The molecule has 0 aliphatic heterocycles. The SMILES string of the molecule is CC(C)(C)OC(=O)N[C@@H](c1ccc([N+](=O)[O-])cc1)[C@H](O)C(=O)O. The molecular formula is C14H18N2O7. The first kappa shape index (κ1) is 18.4. The van der Waals surface area contributed by atoms with Gasteiger partial charge in [-0.05, 0) is 26.3 Å². The van der Waals surface area contributed by atoms with Gasteiger partial charge < -0.3 is 20.3 Å². The van der Waals surface area contributed by atoms with E-state index in [0.717, 1.165) is 12.1 Å². The third-order valence-corrected chi connectivity index (χ3v) is 2.70. The van der Waals surface area contributed by atoms with E-state index in [9.17, 15) is 24.8 Å². The van der Waals surface area contributed by atoms with Crippen LogP contribution >= 0.6 is 0 Å². The molecule has 0 aliphatic carbocycles. The number of aliphatic hydroxyl groups is 1. The fourth-order valence-electron chi connectivity index (χ4n) is 1.73. The first-order valence-corrected chi connectivity index (χ1v) is 6.66. The van der Waals surface area contributed by atoms with Crippen LogP contribution in [-0.2, 0) is 9.53 Å². The Morgan fingerprint density at radius 2 is 1.78 bits per heavy atom. The molecule has 0 saturated heterocycles. The number of alkyl carbamates (subject to hydrolysis) is 1. The van der Waals surface area contributed by atoms with Crippen LogP contribution in [0.1, 0.15) is 32.4 Å². The normalized spacial score (nSPS) is 13.7. The van der Waals surface area contributed by atoms with Crippen LogP contribution < -0.4 is 5.32 Å². The molecule has 9 heteroatoms. The Morgan fingerprint density at radius 1 is 1.26 bits per heavy atom. The smallest absolute Gasteiger partial charge is 0.408 e. The van der Waals surface area contributed by atoms with Gasteiger partial charge >= 0.3 is 12.1 Å². The highest BCUT2D eigenvalue weighted by Crippen LogP contribution is 2.21. The Labute approximate surface area is 132 Å². The van der Waals surface area contributed by atoms with Crippen LogP contribution in [-0.4, -0.2) is 38.9 Å². The number of carboxylic acid groups (broad SMARTS) is 1. The maximum absolute atomic E-state index is 11.8. The van der Waals surface area contributed by atoms with Gasteiger partial charge in [-0.15, -0.1) is 0 Å². The quantitative estimate of drug-likeness (QED) is 0.551. The van der Waals surface area contributed by atoms with Gasteiger partial charge in [0.05, 0.1) is 11.0 Å². The lowest BCUT2D eigenvalue weighted by Crippen LogP contribution is -2.42. The van der Waals surface area contributed by atoms with Crippen molar-refractivity contribution in [1.29, 1.82) is 0 Å². The maximum Gasteiger partial charge on any atom is 0.408 e. The van der Waals surface area contributed by atoms with E-state index in [1.54, 1.807) is 20.8 Å². The molecule has 1 amide bonds. The second-order valence-electron chi connectivity index (χ2n) is 5.76. The number of carboxylic acids is 1.